The van der Waals surface area contributed by atoms with Crippen molar-refractivity contribution in [1.29, 1.82) is 0 Å². The quantitative estimate of drug-likeness (QED) is 0.466. The molecule has 0 unspecified atom stereocenters. The van der Waals surface area contributed by atoms with E-state index >= 15 is 0 Å². The van der Waals surface area contributed by atoms with E-state index in [1.165, 1.54) is 4.68 Å². The Hall–Kier alpha value is -2.96. The lowest BCUT2D eigenvalue weighted by molar-refractivity contribution is 0.0936. The molecule has 0 aliphatic rings. The van der Waals surface area contributed by atoms with Crippen LogP contribution in [-0.4, -0.2) is 20.8 Å². The van der Waals surface area contributed by atoms with Gasteiger partial charge in [0, 0.05) is 22.7 Å². The molecule has 0 aliphatic heterocycles. The Labute approximate surface area is 184 Å². The van der Waals surface area contributed by atoms with Crippen LogP contribution in [0.5, 0.6) is 11.6 Å². The molecule has 30 heavy (non-hydrogen) atoms. The third-order valence-electron chi connectivity index (χ3n) is 4.54. The number of rotatable bonds is 6. The van der Waals surface area contributed by atoms with Gasteiger partial charge in [-0.05, 0) is 37.6 Å². The molecule has 1 heterocycles. The first-order valence-corrected chi connectivity index (χ1v) is 9.88. The van der Waals surface area contributed by atoms with Crippen molar-refractivity contribution in [3.8, 4) is 11.6 Å². The number of halogens is 2. The minimum Gasteiger partial charge on any atom is -0.508 e. The number of carbonyl (C=O) groups excluding carboxylic acids is 1. The van der Waals surface area contributed by atoms with Crippen LogP contribution in [0.1, 0.15) is 40.1 Å². The maximum absolute atomic E-state index is 13.0. The first kappa shape index (κ1) is 21.7. The molecular weight excluding hydrogens is 425 g/mol. The van der Waals surface area contributed by atoms with E-state index in [1.807, 2.05) is 19.1 Å². The highest BCUT2D eigenvalue weighted by atomic mass is 35.5. The first-order valence-electron chi connectivity index (χ1n) is 9.12. The van der Waals surface area contributed by atoms with Gasteiger partial charge in [0.2, 0.25) is 5.88 Å². The van der Waals surface area contributed by atoms with Gasteiger partial charge in [0.1, 0.15) is 17.1 Å². The number of carbonyl (C=O) groups is 1. The van der Waals surface area contributed by atoms with E-state index in [0.717, 1.165) is 5.56 Å². The Morgan fingerprint density at radius 1 is 1.20 bits per heavy atom. The van der Waals surface area contributed by atoms with E-state index in [1.54, 1.807) is 44.3 Å². The van der Waals surface area contributed by atoms with Crippen LogP contribution in [0, 0.1) is 6.92 Å². The van der Waals surface area contributed by atoms with Crippen LogP contribution in [0.2, 0.25) is 10.0 Å². The monoisotopic (exact) mass is 445 g/mol. The van der Waals surface area contributed by atoms with Crippen molar-refractivity contribution in [3.63, 3.8) is 0 Å². The summed E-state index contributed by atoms with van der Waals surface area (Å²) in [4.78, 5) is 13.0. The minimum absolute atomic E-state index is 0.00728. The molecule has 0 aliphatic carbocycles. The second kappa shape index (κ2) is 8.81. The second-order valence-corrected chi connectivity index (χ2v) is 7.73. The number of amides is 1. The van der Waals surface area contributed by atoms with Gasteiger partial charge in [0.05, 0.1) is 11.7 Å². The van der Waals surface area contributed by atoms with E-state index in [4.69, 9.17) is 27.9 Å². The molecule has 2 aromatic carbocycles. The summed E-state index contributed by atoms with van der Waals surface area (Å²) in [5.41, 5.74) is 2.34. The molecule has 2 N–H and O–H groups in total. The van der Waals surface area contributed by atoms with Crippen molar-refractivity contribution in [2.24, 2.45) is 7.05 Å². The van der Waals surface area contributed by atoms with Crippen molar-refractivity contribution in [1.82, 2.24) is 15.1 Å². The Morgan fingerprint density at radius 2 is 1.80 bits per heavy atom. The summed E-state index contributed by atoms with van der Waals surface area (Å²) in [5.74, 6) is 0.346. The fourth-order valence-corrected chi connectivity index (χ4v) is 3.54. The van der Waals surface area contributed by atoms with Crippen molar-refractivity contribution < 1.29 is 14.6 Å². The average molecular weight is 446 g/mol. The third-order valence-corrected chi connectivity index (χ3v) is 4.98. The van der Waals surface area contributed by atoms with E-state index in [-0.39, 0.29) is 23.6 Å². The zero-order valence-corrected chi connectivity index (χ0v) is 18.3. The lowest BCUT2D eigenvalue weighted by atomic mass is 10.0. The fraction of sp³-hybridized carbons (Fsp3) is 0.182. The van der Waals surface area contributed by atoms with Gasteiger partial charge < -0.3 is 15.2 Å². The van der Waals surface area contributed by atoms with Gasteiger partial charge in [-0.15, -0.1) is 0 Å². The van der Waals surface area contributed by atoms with E-state index in [9.17, 15) is 9.90 Å². The number of hydrogen-bond acceptors (Lipinski definition) is 4. The van der Waals surface area contributed by atoms with Crippen LogP contribution in [0.3, 0.4) is 0 Å². The van der Waals surface area contributed by atoms with E-state index in [2.05, 4.69) is 17.0 Å². The molecule has 0 saturated carbocycles. The molecule has 3 rings (SSSR count). The summed E-state index contributed by atoms with van der Waals surface area (Å²) < 4.78 is 7.40. The van der Waals surface area contributed by atoms with Gasteiger partial charge in [0.15, 0.2) is 0 Å². The summed E-state index contributed by atoms with van der Waals surface area (Å²) in [5, 5.41) is 17.6. The number of hydrogen-bond donors (Lipinski definition) is 2. The van der Waals surface area contributed by atoms with E-state index < -0.39 is 0 Å². The molecule has 0 spiro atoms. The molecule has 0 bridgehead atoms. The smallest absolute Gasteiger partial charge is 0.259 e. The SMILES string of the molecule is C=C(O)c1ccc([C@H](C)NC(=O)c2c(C)nn(C)c2Oc2cc(Cl)cc(Cl)c2)cc1. The zero-order valence-electron chi connectivity index (χ0n) is 16.7. The highest BCUT2D eigenvalue weighted by molar-refractivity contribution is 6.34. The van der Waals surface area contributed by atoms with E-state index in [0.29, 0.717) is 32.6 Å². The van der Waals surface area contributed by atoms with Gasteiger partial charge in [-0.3, -0.25) is 4.79 Å². The number of ether oxygens (including phenoxy) is 1. The Kier molecular flexibility index (Phi) is 6.39. The molecule has 0 radical (unpaired) electrons. The molecule has 1 aromatic heterocycles. The second-order valence-electron chi connectivity index (χ2n) is 6.86. The predicted octanol–water partition coefficient (Wildman–Crippen LogP) is 5.85. The molecule has 1 amide bonds. The van der Waals surface area contributed by atoms with Gasteiger partial charge in [-0.1, -0.05) is 54.0 Å². The molecule has 156 valence electrons. The van der Waals surface area contributed by atoms with Gasteiger partial charge in [-0.25, -0.2) is 4.68 Å². The van der Waals surface area contributed by atoms with Gasteiger partial charge in [0.25, 0.3) is 5.91 Å². The number of aliphatic hydroxyl groups excluding tert-OH is 1. The number of aryl methyl sites for hydroxylation is 2. The summed E-state index contributed by atoms with van der Waals surface area (Å²) in [6.07, 6.45) is 0. The standard InChI is InChI=1S/C22H21Cl2N3O3/c1-12(15-5-7-16(8-6-15)14(3)28)25-21(29)20-13(2)26-27(4)22(20)30-19-10-17(23)9-18(24)11-19/h5-12,28H,3H2,1-2,4H3,(H,25,29)/t12-/m0/s1. The highest BCUT2D eigenvalue weighted by Gasteiger charge is 2.24. The van der Waals surface area contributed by atoms with Crippen molar-refractivity contribution in [2.75, 3.05) is 0 Å². The Morgan fingerprint density at radius 3 is 2.37 bits per heavy atom. The van der Waals surface area contributed by atoms with Crippen molar-refractivity contribution in [3.05, 3.63) is 81.5 Å². The Balaban J connectivity index is 1.84. The molecule has 3 aromatic rings. The van der Waals surface area contributed by atoms with Crippen LogP contribution in [0.4, 0.5) is 0 Å². The number of aliphatic hydroxyl groups is 1. The normalized spacial score (nSPS) is 11.8. The number of benzene rings is 2. The molecular formula is C22H21Cl2N3O3. The van der Waals surface area contributed by atoms with Crippen molar-refractivity contribution >= 4 is 34.9 Å². The predicted molar refractivity (Wildman–Crippen MR) is 118 cm³/mol. The average Bonchev–Trinajstić information content (AvgIpc) is 2.94. The summed E-state index contributed by atoms with van der Waals surface area (Å²) in [7, 11) is 1.69. The zero-order chi connectivity index (χ0) is 22.0. The largest absolute Gasteiger partial charge is 0.508 e. The van der Waals surface area contributed by atoms with Gasteiger partial charge >= 0.3 is 0 Å². The van der Waals surface area contributed by atoms with Crippen LogP contribution in [0.25, 0.3) is 5.76 Å². The van der Waals surface area contributed by atoms with Gasteiger partial charge in [-0.2, -0.15) is 5.10 Å². The maximum Gasteiger partial charge on any atom is 0.259 e. The lowest BCUT2D eigenvalue weighted by Gasteiger charge is -2.16. The molecule has 1 atom stereocenters. The summed E-state index contributed by atoms with van der Waals surface area (Å²) in [6.45, 7) is 7.10. The number of nitrogens with zero attached hydrogens (tertiary/aromatic N) is 2. The Bertz CT molecular complexity index is 1090. The number of aromatic nitrogens is 2. The summed E-state index contributed by atoms with van der Waals surface area (Å²) >= 11 is 12.1. The van der Waals surface area contributed by atoms with Crippen LogP contribution in [-0.2, 0) is 7.05 Å². The highest BCUT2D eigenvalue weighted by Crippen LogP contribution is 2.31. The molecule has 0 fully saturated rings. The molecule has 8 heteroatoms. The lowest BCUT2D eigenvalue weighted by Crippen LogP contribution is -2.27. The molecule has 6 nitrogen and oxygen atoms in total. The third kappa shape index (κ3) is 4.78. The van der Waals surface area contributed by atoms with Crippen LogP contribution < -0.4 is 10.1 Å². The maximum atomic E-state index is 13.0. The topological polar surface area (TPSA) is 76.4 Å². The minimum atomic E-state index is -0.327. The molecule has 0 saturated heterocycles. The fourth-order valence-electron chi connectivity index (χ4n) is 3.03. The summed E-state index contributed by atoms with van der Waals surface area (Å²) in [6, 6.07) is 11.7. The van der Waals surface area contributed by atoms with Crippen LogP contribution >= 0.6 is 23.2 Å². The first-order chi connectivity index (χ1) is 14.2. The van der Waals surface area contributed by atoms with Crippen LogP contribution in [0.15, 0.2) is 49.0 Å². The van der Waals surface area contributed by atoms with Crippen molar-refractivity contribution in [2.45, 2.75) is 19.9 Å². The number of nitrogens with one attached hydrogen (secondary N) is 1.